The van der Waals surface area contributed by atoms with Gasteiger partial charge < -0.3 is 38.1 Å². The number of ketones is 1. The summed E-state index contributed by atoms with van der Waals surface area (Å²) in [5, 5.41) is 11.6. The van der Waals surface area contributed by atoms with Crippen molar-refractivity contribution < 1.29 is 62.9 Å². The van der Waals surface area contributed by atoms with Crippen LogP contribution < -0.4 is 26.6 Å². The first-order valence-electron chi connectivity index (χ1n) is 44.0. The summed E-state index contributed by atoms with van der Waals surface area (Å²) in [6, 6.07) is 20.8. The molecule has 1 atom stereocenters. The van der Waals surface area contributed by atoms with Crippen LogP contribution in [-0.4, -0.2) is 33.9 Å². The van der Waals surface area contributed by atoms with Gasteiger partial charge in [0.15, 0.2) is 0 Å². The maximum atomic E-state index is 15.4. The molecule has 6 aromatic carbocycles. The number of ether oxygens (including phenoxy) is 3. The van der Waals surface area contributed by atoms with Crippen molar-refractivity contribution >= 4 is 50.3 Å². The molecule has 1 unspecified atom stereocenters. The minimum atomic E-state index is -3.46. The Kier molecular flexibility index (Phi) is 39.1. The van der Waals surface area contributed by atoms with Crippen LogP contribution in [0.4, 0.5) is 26.3 Å². The Labute approximate surface area is 728 Å². The Balaban J connectivity index is 0.000000247. The van der Waals surface area contributed by atoms with Crippen LogP contribution in [0.1, 0.15) is 332 Å². The van der Waals surface area contributed by atoms with Gasteiger partial charge in [0, 0.05) is 17.3 Å². The second kappa shape index (κ2) is 45.4. The van der Waals surface area contributed by atoms with E-state index in [0.717, 1.165) is 152 Å². The molecule has 638 valence electrons. The molecule has 1 N–H and O–H groups in total. The third-order valence-electron chi connectivity index (χ3n) is 27.4. The van der Waals surface area contributed by atoms with Gasteiger partial charge in [0.2, 0.25) is 0 Å². The van der Waals surface area contributed by atoms with E-state index in [1.54, 1.807) is 102 Å². The fourth-order valence-corrected chi connectivity index (χ4v) is 21.0. The van der Waals surface area contributed by atoms with Crippen molar-refractivity contribution in [1.82, 2.24) is 0 Å². The molecule has 0 aromatic heterocycles. The summed E-state index contributed by atoms with van der Waals surface area (Å²) in [4.78, 5) is 11.2. The molecule has 14 heteroatoms. The molecule has 5 saturated carbocycles. The van der Waals surface area contributed by atoms with E-state index in [-0.39, 0.29) is 69.4 Å². The maximum absolute atomic E-state index is 15.4. The van der Waals surface area contributed by atoms with Crippen molar-refractivity contribution in [2.24, 2.45) is 53.3 Å². The van der Waals surface area contributed by atoms with Gasteiger partial charge in [0.1, 0.15) is 23.0 Å². The summed E-state index contributed by atoms with van der Waals surface area (Å²) in [6.45, 7) is 38.6. The predicted molar refractivity (Wildman–Crippen MR) is 472 cm³/mol. The van der Waals surface area contributed by atoms with Crippen LogP contribution in [0.2, 0.25) is 0 Å². The van der Waals surface area contributed by atoms with E-state index in [9.17, 15) is 18.7 Å². The van der Waals surface area contributed by atoms with E-state index in [1.807, 2.05) is 94.7 Å². The van der Waals surface area contributed by atoms with Crippen molar-refractivity contribution in [1.29, 1.82) is 0 Å². The average Bonchev–Trinajstić information content (AvgIpc) is 0.753. The maximum Gasteiger partial charge on any atom is 2.00 e. The van der Waals surface area contributed by atoms with E-state index in [2.05, 4.69) is 42.8 Å². The van der Waals surface area contributed by atoms with Crippen LogP contribution in [0, 0.1) is 164 Å². The summed E-state index contributed by atoms with van der Waals surface area (Å²) in [6.07, 6.45) is 30.1. The number of Topliss-reactive ketones (excluding diaryl/α,β-unsaturated/α-hetero) is 1. The van der Waals surface area contributed by atoms with Crippen LogP contribution in [0.5, 0.6) is 17.2 Å². The Hall–Kier alpha value is -4.79. The number of carbonyl (C=O) groups is 1. The van der Waals surface area contributed by atoms with Gasteiger partial charge in [0.25, 0.3) is 0 Å². The number of aliphatic hydroxyl groups is 1. The van der Waals surface area contributed by atoms with Crippen LogP contribution in [0.15, 0.2) is 83.3 Å². The van der Waals surface area contributed by atoms with Crippen molar-refractivity contribution in [2.75, 3.05) is 0 Å². The molecule has 0 spiro atoms. The van der Waals surface area contributed by atoms with Crippen LogP contribution in [0.25, 0.3) is 5.57 Å². The zero-order valence-corrected chi connectivity index (χ0v) is 78.4. The second-order valence-corrected chi connectivity index (χ2v) is 37.0. The van der Waals surface area contributed by atoms with E-state index in [4.69, 9.17) is 14.2 Å². The van der Waals surface area contributed by atoms with E-state index >= 15 is 17.6 Å². The van der Waals surface area contributed by atoms with Crippen molar-refractivity contribution in [3.63, 3.8) is 0 Å². The molecular weight excluding hydrogens is 1560 g/mol. The molecule has 0 aliphatic heterocycles. The number of hydrogen-bond acceptors (Lipinski definition) is 5. The average molecular weight is 1700 g/mol. The van der Waals surface area contributed by atoms with E-state index < -0.39 is 23.9 Å². The standard InChI is InChI=1S/C33H46F2O2.C33H44F2O.C18H19BrF2O.C15H26O.C3H7.ClH.Mg/c1-7-8-26-9-11-27(12-10-26)28-13-15-32(36,16-14-28)29-17-23(4)31(24(5)18-29)33(34,35)37-30-19-21(2)25(6)22(3)20-30;1-7-8-26-9-11-27(12-10-26)28-13-15-29(16-14-28)30-17-23(4)32(24(5)18-30)33(34,35)36-31-19-21(2)25(6)22(3)20-31;1-10-8-16(9-11(2)14(10)5)22-18(20,21)17-12(3)6-15(19)7-13(17)4;1-2-3-12-4-6-13(7-5-12)14-8-10-15(16)11-9-14;1-3-2;;/h17-20,26-28,36H,7-16H2,1-6H3;15,17-20,26-28H,7-14,16H2,1-6H3;6-9H,1-5H3;12-14H,2-11H2,1H3;3H,1-2H3;1H;/q;;;;-1;;+2/p-1. The minimum Gasteiger partial charge on any atom is -1.00 e. The smallest absolute Gasteiger partial charge is 1.00 e. The van der Waals surface area contributed by atoms with Gasteiger partial charge in [-0.25, -0.2) is 0 Å². The minimum absolute atomic E-state index is 0. The number of hydrogen-bond donors (Lipinski definition) is 1. The molecule has 0 saturated heterocycles. The molecule has 6 aliphatic carbocycles. The monoisotopic (exact) mass is 1700 g/mol. The van der Waals surface area contributed by atoms with Gasteiger partial charge in [-0.1, -0.05) is 144 Å². The quantitative estimate of drug-likeness (QED) is 0.0469. The fourth-order valence-electron chi connectivity index (χ4n) is 20.4. The largest absolute Gasteiger partial charge is 2.00 e. The van der Waals surface area contributed by atoms with Crippen molar-refractivity contribution in [3.8, 4) is 17.2 Å². The molecule has 0 bridgehead atoms. The fraction of sp³-hybridized carbons (Fsp3) is 0.608. The first kappa shape index (κ1) is 100. The molecule has 116 heavy (non-hydrogen) atoms. The Morgan fingerprint density at radius 3 is 0.957 bits per heavy atom. The zero-order chi connectivity index (χ0) is 83.7. The number of carbonyl (C=O) groups excluding carboxylic acids is 1. The first-order chi connectivity index (χ1) is 53.8. The summed E-state index contributed by atoms with van der Waals surface area (Å²) in [5.41, 5.74) is 14.1. The Bertz CT molecular complexity index is 4020. The SMILES string of the molecule is CCCC1CCC(C2CC=C(c3cc(C)c(C(F)(F)Oc4cc(C)c(C)c(C)c4)c(C)c3)CC2)CC1.CCCC1CCC(C2CCC(=O)CC2)CC1.CCCC1CCC(C2CCC(O)(c3cc(C)c(C(F)(F)Oc4cc(C)c(C)c(C)c4)c(C)c3)CC2)CC1.C[CH-]C.Cc1cc(OC(F)(F)c2c(C)cc(Br)cc2C)cc(C)c1C.[Cl-].[Mg+2]. The zero-order valence-electron chi connectivity index (χ0n) is 74.6. The molecule has 12 rings (SSSR count). The van der Waals surface area contributed by atoms with Crippen molar-refractivity contribution in [2.45, 2.75) is 349 Å². The summed E-state index contributed by atoms with van der Waals surface area (Å²) < 4.78 is 107. The van der Waals surface area contributed by atoms with Gasteiger partial charge in [-0.3, -0.25) is 4.79 Å². The van der Waals surface area contributed by atoms with Gasteiger partial charge in [-0.05, 0) is 402 Å². The third kappa shape index (κ3) is 27.1. The predicted octanol–water partition coefficient (Wildman–Crippen LogP) is 27.8. The van der Waals surface area contributed by atoms with E-state index in [1.165, 1.54) is 140 Å². The number of allylic oxidation sites excluding steroid dienone is 2. The number of alkyl halides is 6. The van der Waals surface area contributed by atoms with Crippen LogP contribution >= 0.6 is 15.9 Å². The molecule has 0 heterocycles. The van der Waals surface area contributed by atoms with Gasteiger partial charge in [-0.2, -0.15) is 40.2 Å². The molecule has 0 amide bonds. The number of benzene rings is 6. The molecule has 6 aliphatic rings. The van der Waals surface area contributed by atoms with Crippen molar-refractivity contribution in [3.05, 3.63) is 201 Å². The normalized spacial score (nSPS) is 22.6. The van der Waals surface area contributed by atoms with Gasteiger partial charge in [-0.15, -0.1) is 0 Å². The summed E-state index contributed by atoms with van der Waals surface area (Å²) in [5.74, 6) is 8.94. The summed E-state index contributed by atoms with van der Waals surface area (Å²) in [7, 11) is 0. The molecule has 5 fully saturated rings. The third-order valence-corrected chi connectivity index (χ3v) is 27.9. The van der Waals surface area contributed by atoms with Crippen LogP contribution in [0.3, 0.4) is 0 Å². The number of halogens is 8. The van der Waals surface area contributed by atoms with Gasteiger partial charge >= 0.3 is 41.4 Å². The van der Waals surface area contributed by atoms with E-state index in [0.29, 0.717) is 57.9 Å². The molecule has 6 aromatic rings. The first-order valence-corrected chi connectivity index (χ1v) is 44.8. The second-order valence-electron chi connectivity index (χ2n) is 36.1. The molecule has 5 nitrogen and oxygen atoms in total. The topological polar surface area (TPSA) is 65.0 Å². The molecule has 0 radical (unpaired) electrons. The van der Waals surface area contributed by atoms with Gasteiger partial charge in [0.05, 0.1) is 22.3 Å². The Morgan fingerprint density at radius 2 is 0.664 bits per heavy atom. The molecular formula is C102H142BrClF6MgO5. The van der Waals surface area contributed by atoms with Crippen LogP contribution in [-0.2, 0) is 28.7 Å². The number of aryl methyl sites for hydroxylation is 12. The Morgan fingerprint density at radius 1 is 0.397 bits per heavy atom. The summed E-state index contributed by atoms with van der Waals surface area (Å²) >= 11 is 3.32. The number of rotatable bonds is 20.